The molecule has 1 heterocycles. The lowest BCUT2D eigenvalue weighted by Crippen LogP contribution is -2.15. The standard InChI is InChI=1S/C20H19N3O3/c1-14(15-7-6-10-17(12-15)25-2)11-20-22-18(23-26-20)13-19(24)21-16-8-4-3-5-9-16/h3-12H,13H2,1-2H3,(H,21,24). The molecule has 0 saturated heterocycles. The number of ether oxygens (including phenoxy) is 1. The Balaban J connectivity index is 1.66. The van der Waals surface area contributed by atoms with Crippen molar-refractivity contribution in [1.29, 1.82) is 0 Å². The monoisotopic (exact) mass is 349 g/mol. The van der Waals surface area contributed by atoms with E-state index in [0.29, 0.717) is 11.7 Å². The number of allylic oxidation sites excluding steroid dienone is 1. The van der Waals surface area contributed by atoms with Crippen LogP contribution in [0.3, 0.4) is 0 Å². The summed E-state index contributed by atoms with van der Waals surface area (Å²) in [6.45, 7) is 1.95. The van der Waals surface area contributed by atoms with Gasteiger partial charge in [-0.1, -0.05) is 35.5 Å². The summed E-state index contributed by atoms with van der Waals surface area (Å²) in [6.07, 6.45) is 1.82. The van der Waals surface area contributed by atoms with Crippen LogP contribution >= 0.6 is 0 Å². The third-order valence-electron chi connectivity index (χ3n) is 3.73. The first-order valence-electron chi connectivity index (χ1n) is 8.14. The molecule has 132 valence electrons. The SMILES string of the molecule is COc1cccc(C(C)=Cc2nc(CC(=O)Nc3ccccc3)no2)c1. The molecule has 6 heteroatoms. The van der Waals surface area contributed by atoms with Gasteiger partial charge in [-0.2, -0.15) is 4.98 Å². The van der Waals surface area contributed by atoms with Crippen LogP contribution in [0.5, 0.6) is 5.75 Å². The van der Waals surface area contributed by atoms with Gasteiger partial charge in [0.2, 0.25) is 5.91 Å². The number of aromatic nitrogens is 2. The zero-order valence-electron chi connectivity index (χ0n) is 14.6. The second-order valence-electron chi connectivity index (χ2n) is 5.70. The van der Waals surface area contributed by atoms with Crippen molar-refractivity contribution in [2.45, 2.75) is 13.3 Å². The fourth-order valence-electron chi connectivity index (χ4n) is 2.41. The molecule has 0 saturated carbocycles. The molecule has 26 heavy (non-hydrogen) atoms. The predicted molar refractivity (Wildman–Crippen MR) is 99.6 cm³/mol. The van der Waals surface area contributed by atoms with Crippen LogP contribution in [0.2, 0.25) is 0 Å². The van der Waals surface area contributed by atoms with Gasteiger partial charge in [-0.05, 0) is 42.3 Å². The van der Waals surface area contributed by atoms with E-state index in [4.69, 9.17) is 9.26 Å². The molecule has 1 amide bonds. The number of carbonyl (C=O) groups excluding carboxylic acids is 1. The summed E-state index contributed by atoms with van der Waals surface area (Å²) >= 11 is 0. The predicted octanol–water partition coefficient (Wildman–Crippen LogP) is 3.82. The number of anilines is 1. The second-order valence-corrected chi connectivity index (χ2v) is 5.70. The van der Waals surface area contributed by atoms with Crippen molar-refractivity contribution in [3.63, 3.8) is 0 Å². The molecule has 6 nitrogen and oxygen atoms in total. The summed E-state index contributed by atoms with van der Waals surface area (Å²) in [5.41, 5.74) is 2.67. The zero-order valence-corrected chi connectivity index (χ0v) is 14.6. The minimum Gasteiger partial charge on any atom is -0.497 e. The highest BCUT2D eigenvalue weighted by atomic mass is 16.5. The molecule has 0 aliphatic carbocycles. The lowest BCUT2D eigenvalue weighted by molar-refractivity contribution is -0.115. The fraction of sp³-hybridized carbons (Fsp3) is 0.150. The number of para-hydroxylation sites is 1. The van der Waals surface area contributed by atoms with Crippen molar-refractivity contribution in [3.05, 3.63) is 71.9 Å². The maximum absolute atomic E-state index is 12.0. The van der Waals surface area contributed by atoms with Crippen LogP contribution in [-0.2, 0) is 11.2 Å². The summed E-state index contributed by atoms with van der Waals surface area (Å²) in [4.78, 5) is 16.3. The number of rotatable bonds is 6. The van der Waals surface area contributed by atoms with Gasteiger partial charge in [0.25, 0.3) is 5.89 Å². The molecular weight excluding hydrogens is 330 g/mol. The van der Waals surface area contributed by atoms with Gasteiger partial charge in [0.1, 0.15) is 5.75 Å². The van der Waals surface area contributed by atoms with E-state index in [1.807, 2.05) is 61.5 Å². The van der Waals surface area contributed by atoms with E-state index >= 15 is 0 Å². The number of nitrogens with one attached hydrogen (secondary N) is 1. The highest BCUT2D eigenvalue weighted by Crippen LogP contribution is 2.21. The third-order valence-corrected chi connectivity index (χ3v) is 3.73. The van der Waals surface area contributed by atoms with Crippen molar-refractivity contribution in [3.8, 4) is 5.75 Å². The number of nitrogens with zero attached hydrogens (tertiary/aromatic N) is 2. The van der Waals surface area contributed by atoms with Gasteiger partial charge in [-0.25, -0.2) is 0 Å². The first-order chi connectivity index (χ1) is 12.6. The molecule has 0 spiro atoms. The molecule has 3 rings (SSSR count). The largest absolute Gasteiger partial charge is 0.497 e. The number of amides is 1. The van der Waals surface area contributed by atoms with E-state index in [-0.39, 0.29) is 12.3 Å². The Morgan fingerprint density at radius 2 is 2.00 bits per heavy atom. The number of benzene rings is 2. The zero-order chi connectivity index (χ0) is 18.4. The smallest absolute Gasteiger partial charge is 0.250 e. The summed E-state index contributed by atoms with van der Waals surface area (Å²) in [6, 6.07) is 16.9. The number of hydrogen-bond acceptors (Lipinski definition) is 5. The van der Waals surface area contributed by atoms with Gasteiger partial charge < -0.3 is 14.6 Å². The van der Waals surface area contributed by atoms with E-state index in [2.05, 4.69) is 15.5 Å². The van der Waals surface area contributed by atoms with Crippen molar-refractivity contribution in [2.75, 3.05) is 12.4 Å². The van der Waals surface area contributed by atoms with Gasteiger partial charge in [-0.3, -0.25) is 4.79 Å². The Bertz CT molecular complexity index is 917. The van der Waals surface area contributed by atoms with Crippen LogP contribution in [0.25, 0.3) is 11.6 Å². The molecule has 0 fully saturated rings. The molecule has 1 aromatic heterocycles. The maximum Gasteiger partial charge on any atom is 0.250 e. The molecule has 0 bridgehead atoms. The Morgan fingerprint density at radius 1 is 1.19 bits per heavy atom. The molecule has 0 aliphatic heterocycles. The summed E-state index contributed by atoms with van der Waals surface area (Å²) < 4.78 is 10.4. The average Bonchev–Trinajstić information content (AvgIpc) is 3.09. The van der Waals surface area contributed by atoms with Crippen molar-refractivity contribution >= 4 is 23.2 Å². The van der Waals surface area contributed by atoms with E-state index < -0.39 is 0 Å². The highest BCUT2D eigenvalue weighted by Gasteiger charge is 2.11. The Labute approximate surface area is 151 Å². The van der Waals surface area contributed by atoms with Crippen LogP contribution in [0.4, 0.5) is 5.69 Å². The van der Waals surface area contributed by atoms with Crippen LogP contribution in [0.1, 0.15) is 24.2 Å². The molecule has 3 aromatic rings. The normalized spacial score (nSPS) is 11.2. The van der Waals surface area contributed by atoms with Crippen molar-refractivity contribution < 1.29 is 14.1 Å². The molecule has 0 aliphatic rings. The van der Waals surface area contributed by atoms with Gasteiger partial charge in [0.15, 0.2) is 5.82 Å². The van der Waals surface area contributed by atoms with Crippen molar-refractivity contribution in [1.82, 2.24) is 10.1 Å². The van der Waals surface area contributed by atoms with Gasteiger partial charge in [-0.15, -0.1) is 0 Å². The minimum absolute atomic E-state index is 0.0461. The topological polar surface area (TPSA) is 77.2 Å². The molecular formula is C20H19N3O3. The molecule has 0 radical (unpaired) electrons. The Kier molecular flexibility index (Phi) is 5.43. The molecule has 0 unspecified atom stereocenters. The van der Waals surface area contributed by atoms with Crippen LogP contribution in [-0.4, -0.2) is 23.2 Å². The van der Waals surface area contributed by atoms with Gasteiger partial charge >= 0.3 is 0 Å². The van der Waals surface area contributed by atoms with Crippen molar-refractivity contribution in [2.24, 2.45) is 0 Å². The van der Waals surface area contributed by atoms with E-state index in [9.17, 15) is 4.79 Å². The average molecular weight is 349 g/mol. The second kappa shape index (κ2) is 8.11. The fourth-order valence-corrected chi connectivity index (χ4v) is 2.41. The van der Waals surface area contributed by atoms with Crippen LogP contribution in [0.15, 0.2) is 59.1 Å². The highest BCUT2D eigenvalue weighted by molar-refractivity contribution is 5.91. The van der Waals surface area contributed by atoms with Crippen LogP contribution in [0, 0.1) is 0 Å². The quantitative estimate of drug-likeness (QED) is 0.732. The van der Waals surface area contributed by atoms with E-state index in [0.717, 1.165) is 22.6 Å². The van der Waals surface area contributed by atoms with Gasteiger partial charge in [0.05, 0.1) is 13.5 Å². The first kappa shape index (κ1) is 17.4. The maximum atomic E-state index is 12.0. The summed E-state index contributed by atoms with van der Waals surface area (Å²) in [5, 5.41) is 6.65. The number of methoxy groups -OCH3 is 1. The van der Waals surface area contributed by atoms with E-state index in [1.54, 1.807) is 13.2 Å². The lowest BCUT2D eigenvalue weighted by atomic mass is 10.1. The number of hydrogen-bond donors (Lipinski definition) is 1. The third kappa shape index (κ3) is 4.57. The van der Waals surface area contributed by atoms with Gasteiger partial charge in [0, 0.05) is 11.8 Å². The molecule has 2 aromatic carbocycles. The first-order valence-corrected chi connectivity index (χ1v) is 8.14. The van der Waals surface area contributed by atoms with Crippen LogP contribution < -0.4 is 10.1 Å². The summed E-state index contributed by atoms with van der Waals surface area (Å²) in [7, 11) is 1.63. The number of carbonyl (C=O) groups is 1. The van der Waals surface area contributed by atoms with E-state index in [1.165, 1.54) is 0 Å². The molecule has 0 atom stereocenters. The Morgan fingerprint density at radius 3 is 2.77 bits per heavy atom. The molecule has 1 N–H and O–H groups in total. The lowest BCUT2D eigenvalue weighted by Gasteiger charge is -2.03. The summed E-state index contributed by atoms with van der Waals surface area (Å²) in [5.74, 6) is 1.27. The minimum atomic E-state index is -0.197. The Hall–Kier alpha value is -3.41.